The molecule has 0 bridgehead atoms. The third-order valence-corrected chi connectivity index (χ3v) is 4.66. The van der Waals surface area contributed by atoms with E-state index in [1.807, 2.05) is 12.3 Å². The molecule has 1 amide bonds. The molecule has 140 valence electrons. The largest absolute Gasteiger partial charge is 0.505 e. The molecule has 1 unspecified atom stereocenters. The lowest BCUT2D eigenvalue weighted by atomic mass is 10.2. The molecule has 3 aromatic rings. The number of thiazole rings is 1. The van der Waals surface area contributed by atoms with Gasteiger partial charge in [0.1, 0.15) is 11.4 Å². The van der Waals surface area contributed by atoms with E-state index in [2.05, 4.69) is 15.4 Å². The molecular weight excluding hydrogens is 368 g/mol. The fraction of sp³-hybridized carbons (Fsp3) is 0.222. The normalized spacial score (nSPS) is 11.8. The van der Waals surface area contributed by atoms with Gasteiger partial charge in [-0.05, 0) is 26.0 Å². The Morgan fingerprint density at radius 2 is 2.11 bits per heavy atom. The van der Waals surface area contributed by atoms with E-state index in [1.165, 1.54) is 18.4 Å². The van der Waals surface area contributed by atoms with Crippen molar-refractivity contribution in [3.63, 3.8) is 0 Å². The van der Waals surface area contributed by atoms with E-state index in [0.717, 1.165) is 15.8 Å². The zero-order valence-corrected chi connectivity index (χ0v) is 15.8. The molecular formula is C18H18N4O4S. The summed E-state index contributed by atoms with van der Waals surface area (Å²) in [4.78, 5) is 29.2. The number of aromatic hydroxyl groups is 1. The van der Waals surface area contributed by atoms with Crippen LogP contribution in [0.5, 0.6) is 11.5 Å². The van der Waals surface area contributed by atoms with Crippen molar-refractivity contribution in [2.24, 2.45) is 0 Å². The van der Waals surface area contributed by atoms with Crippen molar-refractivity contribution < 1.29 is 14.6 Å². The van der Waals surface area contributed by atoms with E-state index >= 15 is 0 Å². The zero-order chi connectivity index (χ0) is 19.6. The number of aromatic nitrogens is 3. The Bertz CT molecular complexity index is 1040. The second kappa shape index (κ2) is 7.58. The Morgan fingerprint density at radius 3 is 2.78 bits per heavy atom. The molecule has 0 fully saturated rings. The van der Waals surface area contributed by atoms with Crippen LogP contribution in [-0.4, -0.2) is 32.9 Å². The van der Waals surface area contributed by atoms with E-state index in [9.17, 15) is 14.7 Å². The van der Waals surface area contributed by atoms with Gasteiger partial charge in [0, 0.05) is 11.4 Å². The van der Waals surface area contributed by atoms with E-state index < -0.39 is 17.2 Å². The van der Waals surface area contributed by atoms with Gasteiger partial charge in [-0.25, -0.2) is 4.98 Å². The second-order valence-corrected chi connectivity index (χ2v) is 6.85. The van der Waals surface area contributed by atoms with Gasteiger partial charge < -0.3 is 15.2 Å². The smallest absolute Gasteiger partial charge is 0.276 e. The van der Waals surface area contributed by atoms with Gasteiger partial charge >= 0.3 is 0 Å². The molecule has 3 rings (SSSR count). The van der Waals surface area contributed by atoms with Crippen LogP contribution in [0.1, 0.15) is 34.2 Å². The summed E-state index contributed by atoms with van der Waals surface area (Å²) in [6.45, 7) is 3.65. The summed E-state index contributed by atoms with van der Waals surface area (Å²) in [5, 5.41) is 19.6. The monoisotopic (exact) mass is 386 g/mol. The van der Waals surface area contributed by atoms with Crippen molar-refractivity contribution >= 4 is 17.2 Å². The summed E-state index contributed by atoms with van der Waals surface area (Å²) in [7, 11) is 1.47. The molecule has 8 nitrogen and oxygen atoms in total. The topological polar surface area (TPSA) is 106 Å². The average Bonchev–Trinajstić information content (AvgIpc) is 3.08. The van der Waals surface area contributed by atoms with Gasteiger partial charge in [0.25, 0.3) is 11.5 Å². The van der Waals surface area contributed by atoms with E-state index in [-0.39, 0.29) is 11.7 Å². The number of amides is 1. The summed E-state index contributed by atoms with van der Waals surface area (Å²) in [5.41, 5.74) is 0.224. The Labute approximate surface area is 159 Å². The van der Waals surface area contributed by atoms with Gasteiger partial charge in [0.05, 0.1) is 23.9 Å². The van der Waals surface area contributed by atoms with Crippen LogP contribution in [0.3, 0.4) is 0 Å². The molecule has 0 saturated heterocycles. The molecule has 2 N–H and O–H groups in total. The maximum atomic E-state index is 12.6. The summed E-state index contributed by atoms with van der Waals surface area (Å²) in [5.74, 6) is -0.699. The fourth-order valence-electron chi connectivity index (χ4n) is 2.50. The Morgan fingerprint density at radius 1 is 1.37 bits per heavy atom. The summed E-state index contributed by atoms with van der Waals surface area (Å²) >= 11 is 1.48. The number of nitrogens with zero attached hydrogens (tertiary/aromatic N) is 3. The van der Waals surface area contributed by atoms with Gasteiger partial charge in [0.15, 0.2) is 11.4 Å². The van der Waals surface area contributed by atoms with Gasteiger partial charge in [-0.2, -0.15) is 9.78 Å². The van der Waals surface area contributed by atoms with Gasteiger partial charge in [-0.1, -0.05) is 12.1 Å². The lowest BCUT2D eigenvalue weighted by molar-refractivity contribution is 0.0929. The number of benzene rings is 1. The molecule has 0 saturated carbocycles. The molecule has 0 aliphatic rings. The minimum absolute atomic E-state index is 0.265. The molecule has 0 spiro atoms. The maximum absolute atomic E-state index is 12.6. The van der Waals surface area contributed by atoms with E-state index in [0.29, 0.717) is 17.1 Å². The number of ether oxygens (including phenoxy) is 1. The van der Waals surface area contributed by atoms with Crippen molar-refractivity contribution in [3.05, 3.63) is 62.5 Å². The number of carbonyl (C=O) groups is 1. The second-order valence-electron chi connectivity index (χ2n) is 5.79. The van der Waals surface area contributed by atoms with Crippen LogP contribution in [0, 0.1) is 6.92 Å². The highest BCUT2D eigenvalue weighted by Crippen LogP contribution is 2.22. The molecule has 2 heterocycles. The summed E-state index contributed by atoms with van der Waals surface area (Å²) in [6, 6.07) is 7.33. The van der Waals surface area contributed by atoms with Crippen LogP contribution >= 0.6 is 11.3 Å². The lowest BCUT2D eigenvalue weighted by Gasteiger charge is -2.14. The predicted molar refractivity (Wildman–Crippen MR) is 101 cm³/mol. The number of carbonyl (C=O) groups excluding carboxylic acids is 1. The van der Waals surface area contributed by atoms with Crippen LogP contribution in [0.25, 0.3) is 5.69 Å². The van der Waals surface area contributed by atoms with Crippen molar-refractivity contribution in [2.45, 2.75) is 19.9 Å². The first-order valence-electron chi connectivity index (χ1n) is 8.10. The highest BCUT2D eigenvalue weighted by atomic mass is 32.1. The van der Waals surface area contributed by atoms with Gasteiger partial charge in [-0.3, -0.25) is 9.59 Å². The lowest BCUT2D eigenvalue weighted by Crippen LogP contribution is -2.31. The number of methoxy groups -OCH3 is 1. The fourth-order valence-corrected chi connectivity index (χ4v) is 3.21. The minimum Gasteiger partial charge on any atom is -0.505 e. The first-order valence-corrected chi connectivity index (χ1v) is 8.98. The molecule has 27 heavy (non-hydrogen) atoms. The standard InChI is InChI=1S/C18H18N4O4S/c1-10(12-9-27-11(2)20-12)19-18(25)17-14(23)8-16(24)22(21-17)13-6-4-5-7-15(13)26-3/h4-10,23H,1-3H3,(H,19,25). The van der Waals surface area contributed by atoms with Crippen LogP contribution in [0.4, 0.5) is 0 Å². The highest BCUT2D eigenvalue weighted by molar-refractivity contribution is 7.09. The van der Waals surface area contributed by atoms with Crippen LogP contribution in [-0.2, 0) is 0 Å². The van der Waals surface area contributed by atoms with Crippen molar-refractivity contribution in [1.29, 1.82) is 0 Å². The number of para-hydroxylation sites is 2. The molecule has 1 atom stereocenters. The van der Waals surface area contributed by atoms with Crippen LogP contribution in [0.2, 0.25) is 0 Å². The maximum Gasteiger partial charge on any atom is 0.276 e. The summed E-state index contributed by atoms with van der Waals surface area (Å²) in [6.07, 6.45) is 0. The van der Waals surface area contributed by atoms with E-state index in [4.69, 9.17) is 4.74 Å². The SMILES string of the molecule is COc1ccccc1-n1nc(C(=O)NC(C)c2csc(C)n2)c(O)cc1=O. The molecule has 0 aliphatic heterocycles. The third kappa shape index (κ3) is 3.82. The number of aryl methyl sites for hydroxylation is 1. The van der Waals surface area contributed by atoms with Crippen molar-refractivity contribution in [3.8, 4) is 17.2 Å². The first-order chi connectivity index (χ1) is 12.9. The third-order valence-electron chi connectivity index (χ3n) is 3.87. The van der Waals surface area contributed by atoms with Crippen molar-refractivity contribution in [2.75, 3.05) is 7.11 Å². The quantitative estimate of drug-likeness (QED) is 0.696. The first kappa shape index (κ1) is 18.6. The minimum atomic E-state index is -0.616. The van der Waals surface area contributed by atoms with Gasteiger partial charge in [-0.15, -0.1) is 11.3 Å². The molecule has 9 heteroatoms. The van der Waals surface area contributed by atoms with Crippen LogP contribution in [0.15, 0.2) is 40.5 Å². The zero-order valence-electron chi connectivity index (χ0n) is 15.0. The summed E-state index contributed by atoms with van der Waals surface area (Å²) < 4.78 is 6.26. The highest BCUT2D eigenvalue weighted by Gasteiger charge is 2.21. The number of hydrogen-bond donors (Lipinski definition) is 2. The Balaban J connectivity index is 1.96. The van der Waals surface area contributed by atoms with Crippen molar-refractivity contribution in [1.82, 2.24) is 20.1 Å². The van der Waals surface area contributed by atoms with E-state index in [1.54, 1.807) is 31.2 Å². The molecule has 2 aromatic heterocycles. The number of hydrogen-bond acceptors (Lipinski definition) is 7. The predicted octanol–water partition coefficient (Wildman–Crippen LogP) is 2.20. The number of nitrogens with one attached hydrogen (secondary N) is 1. The van der Waals surface area contributed by atoms with Gasteiger partial charge in [0.2, 0.25) is 0 Å². The molecule has 1 aromatic carbocycles. The average molecular weight is 386 g/mol. The number of rotatable bonds is 5. The van der Waals surface area contributed by atoms with Crippen LogP contribution < -0.4 is 15.6 Å². The molecule has 0 radical (unpaired) electrons. The molecule has 0 aliphatic carbocycles. The Hall–Kier alpha value is -3.20. The Kier molecular flexibility index (Phi) is 5.22.